The van der Waals surface area contributed by atoms with E-state index in [1.54, 1.807) is 6.20 Å². The minimum absolute atomic E-state index is 0. The van der Waals surface area contributed by atoms with Gasteiger partial charge in [-0.25, -0.2) is 0 Å². The topological polar surface area (TPSA) is 38.9 Å². The Labute approximate surface area is 65.0 Å². The molecule has 1 aromatic heterocycles. The zero-order valence-electron chi connectivity index (χ0n) is 4.84. The molecule has 0 atom stereocenters. The number of rotatable bonds is 1. The van der Waals surface area contributed by atoms with Crippen LogP contribution in [0.15, 0.2) is 24.4 Å². The molecule has 0 saturated heterocycles. The summed E-state index contributed by atoms with van der Waals surface area (Å²) in [5, 5.41) is 0. The molecule has 0 fully saturated rings. The largest absolute Gasteiger partial charge is 0.325 e. The van der Waals surface area contributed by atoms with Gasteiger partial charge in [0, 0.05) is 29.8 Å². The molecule has 0 aliphatic carbocycles. The summed E-state index contributed by atoms with van der Waals surface area (Å²) in [4.78, 5) is 3.97. The van der Waals surface area contributed by atoms with Gasteiger partial charge in [0.25, 0.3) is 0 Å². The third-order valence-corrected chi connectivity index (χ3v) is 0.935. The Balaban J connectivity index is 0.000000640. The molecule has 1 radical (unpaired) electrons. The van der Waals surface area contributed by atoms with Crippen LogP contribution >= 0.6 is 0 Å². The first-order chi connectivity index (χ1) is 3.93. The monoisotopic (exact) mass is 171 g/mol. The van der Waals surface area contributed by atoms with Crippen LogP contribution in [0, 0.1) is 0 Å². The second-order valence-corrected chi connectivity index (χ2v) is 1.53. The van der Waals surface area contributed by atoms with E-state index >= 15 is 0 Å². The first kappa shape index (κ1) is 8.63. The van der Waals surface area contributed by atoms with Crippen molar-refractivity contribution in [3.63, 3.8) is 0 Å². The van der Waals surface area contributed by atoms with Crippen molar-refractivity contribution in [2.24, 2.45) is 5.73 Å². The number of pyridine rings is 1. The van der Waals surface area contributed by atoms with Crippen LogP contribution in [-0.4, -0.2) is 4.98 Å². The van der Waals surface area contributed by atoms with Crippen molar-refractivity contribution in [2.75, 3.05) is 0 Å². The van der Waals surface area contributed by atoms with Crippen molar-refractivity contribution in [3.8, 4) is 0 Å². The summed E-state index contributed by atoms with van der Waals surface area (Å²) >= 11 is 0. The smallest absolute Gasteiger partial charge is 0.0539 e. The average molecular weight is 172 g/mol. The Morgan fingerprint density at radius 3 is 2.56 bits per heavy atom. The molecule has 0 unspecified atom stereocenters. The summed E-state index contributed by atoms with van der Waals surface area (Å²) in [6, 6.07) is 5.70. The van der Waals surface area contributed by atoms with Crippen molar-refractivity contribution in [1.82, 2.24) is 4.98 Å². The van der Waals surface area contributed by atoms with Crippen molar-refractivity contribution >= 4 is 0 Å². The summed E-state index contributed by atoms with van der Waals surface area (Å²) in [7, 11) is 0. The number of hydrogen-bond donors (Lipinski definition) is 1. The van der Waals surface area contributed by atoms with Gasteiger partial charge in [0.05, 0.1) is 5.69 Å². The first-order valence-corrected chi connectivity index (χ1v) is 2.53. The molecule has 0 bridgehead atoms. The second kappa shape index (κ2) is 4.50. The number of nitrogens with two attached hydrogens (primary N) is 1. The zero-order valence-corrected chi connectivity index (χ0v) is 5.78. The summed E-state index contributed by atoms with van der Waals surface area (Å²) in [6.07, 6.45) is 1.74. The number of hydrogen-bond acceptors (Lipinski definition) is 2. The van der Waals surface area contributed by atoms with E-state index in [-0.39, 0.29) is 17.1 Å². The van der Waals surface area contributed by atoms with Crippen LogP contribution in [-0.2, 0) is 23.6 Å². The zero-order chi connectivity index (χ0) is 5.82. The van der Waals surface area contributed by atoms with Crippen LogP contribution in [0.1, 0.15) is 5.69 Å². The fraction of sp³-hybridized carbons (Fsp3) is 0.167. The SMILES string of the molecule is NCc1ccccn1.[Cu]. The van der Waals surface area contributed by atoms with E-state index in [2.05, 4.69) is 4.98 Å². The van der Waals surface area contributed by atoms with E-state index in [1.165, 1.54) is 0 Å². The minimum atomic E-state index is 0. The maximum absolute atomic E-state index is 5.29. The second-order valence-electron chi connectivity index (χ2n) is 1.53. The molecule has 2 N–H and O–H groups in total. The fourth-order valence-corrected chi connectivity index (χ4v) is 0.519. The molecule has 0 aliphatic rings. The van der Waals surface area contributed by atoms with E-state index in [9.17, 15) is 0 Å². The molecule has 1 aromatic rings. The Morgan fingerprint density at radius 1 is 1.44 bits per heavy atom. The molecule has 0 aromatic carbocycles. The van der Waals surface area contributed by atoms with E-state index in [0.29, 0.717) is 6.54 Å². The summed E-state index contributed by atoms with van der Waals surface area (Å²) in [5.41, 5.74) is 6.22. The van der Waals surface area contributed by atoms with Crippen molar-refractivity contribution in [1.29, 1.82) is 0 Å². The third kappa shape index (κ3) is 2.61. The quantitative estimate of drug-likeness (QED) is 0.627. The van der Waals surface area contributed by atoms with Gasteiger partial charge < -0.3 is 5.73 Å². The Kier molecular flexibility index (Phi) is 4.32. The van der Waals surface area contributed by atoms with Gasteiger partial charge in [0.1, 0.15) is 0 Å². The Hall–Kier alpha value is -0.371. The summed E-state index contributed by atoms with van der Waals surface area (Å²) in [5.74, 6) is 0. The van der Waals surface area contributed by atoms with Gasteiger partial charge in [-0.2, -0.15) is 0 Å². The maximum Gasteiger partial charge on any atom is 0.0539 e. The van der Waals surface area contributed by atoms with Crippen molar-refractivity contribution < 1.29 is 17.1 Å². The van der Waals surface area contributed by atoms with Crippen LogP contribution in [0.2, 0.25) is 0 Å². The molecule has 0 spiro atoms. The van der Waals surface area contributed by atoms with Gasteiger partial charge in [-0.15, -0.1) is 0 Å². The molecule has 9 heavy (non-hydrogen) atoms. The molecule has 1 rings (SSSR count). The van der Waals surface area contributed by atoms with E-state index in [0.717, 1.165) is 5.69 Å². The van der Waals surface area contributed by atoms with E-state index < -0.39 is 0 Å². The van der Waals surface area contributed by atoms with Gasteiger partial charge in [0.2, 0.25) is 0 Å². The maximum atomic E-state index is 5.29. The fourth-order valence-electron chi connectivity index (χ4n) is 0.519. The van der Waals surface area contributed by atoms with Crippen LogP contribution in [0.3, 0.4) is 0 Å². The predicted molar refractivity (Wildman–Crippen MR) is 32.1 cm³/mol. The molecule has 53 valence electrons. The minimum Gasteiger partial charge on any atom is -0.325 e. The molecular formula is C6H8CuN2. The molecule has 3 heteroatoms. The normalized spacial score (nSPS) is 8.11. The molecule has 0 amide bonds. The summed E-state index contributed by atoms with van der Waals surface area (Å²) < 4.78 is 0. The first-order valence-electron chi connectivity index (χ1n) is 2.53. The van der Waals surface area contributed by atoms with Crippen LogP contribution in [0.25, 0.3) is 0 Å². The van der Waals surface area contributed by atoms with Crippen LogP contribution < -0.4 is 5.73 Å². The summed E-state index contributed by atoms with van der Waals surface area (Å²) in [6.45, 7) is 0.529. The van der Waals surface area contributed by atoms with Crippen LogP contribution in [0.5, 0.6) is 0 Å². The predicted octanol–water partition coefficient (Wildman–Crippen LogP) is 0.538. The molecule has 1 heterocycles. The van der Waals surface area contributed by atoms with Gasteiger partial charge >= 0.3 is 0 Å². The van der Waals surface area contributed by atoms with Gasteiger partial charge in [0.15, 0.2) is 0 Å². The van der Waals surface area contributed by atoms with Crippen molar-refractivity contribution in [3.05, 3.63) is 30.1 Å². The molecule has 0 saturated carbocycles. The van der Waals surface area contributed by atoms with Gasteiger partial charge in [-0.3, -0.25) is 4.98 Å². The molecular weight excluding hydrogens is 164 g/mol. The van der Waals surface area contributed by atoms with E-state index in [4.69, 9.17) is 5.73 Å². The Morgan fingerprint density at radius 2 is 2.22 bits per heavy atom. The molecule has 2 nitrogen and oxygen atoms in total. The Bertz CT molecular complexity index is 152. The van der Waals surface area contributed by atoms with Crippen molar-refractivity contribution in [2.45, 2.75) is 6.54 Å². The standard InChI is InChI=1S/C6H8N2.Cu/c7-5-6-3-1-2-4-8-6;/h1-4H,5,7H2;. The van der Waals surface area contributed by atoms with Crippen LogP contribution in [0.4, 0.5) is 0 Å². The number of aromatic nitrogens is 1. The average Bonchev–Trinajstić information content (AvgIpc) is 1.90. The van der Waals surface area contributed by atoms with Gasteiger partial charge in [-0.1, -0.05) is 6.07 Å². The molecule has 0 aliphatic heterocycles. The number of nitrogens with zero attached hydrogens (tertiary/aromatic N) is 1. The van der Waals surface area contributed by atoms with E-state index in [1.807, 2.05) is 18.2 Å². The third-order valence-electron chi connectivity index (χ3n) is 0.935. The van der Waals surface area contributed by atoms with Gasteiger partial charge in [-0.05, 0) is 12.1 Å².